The van der Waals surface area contributed by atoms with Crippen molar-refractivity contribution in [2.24, 2.45) is 5.10 Å². The van der Waals surface area contributed by atoms with E-state index < -0.39 is 5.91 Å². The van der Waals surface area contributed by atoms with E-state index in [2.05, 4.69) is 62.0 Å². The number of benzene rings is 2. The van der Waals surface area contributed by atoms with E-state index in [0.29, 0.717) is 5.75 Å². The molecule has 7 heteroatoms. The summed E-state index contributed by atoms with van der Waals surface area (Å²) in [5, 5.41) is 4.01. The molecule has 0 aliphatic rings. The Morgan fingerprint density at radius 1 is 1.18 bits per heavy atom. The van der Waals surface area contributed by atoms with Crippen LogP contribution in [0.15, 0.2) is 59.7 Å². The van der Waals surface area contributed by atoms with Crippen molar-refractivity contribution in [2.45, 2.75) is 13.8 Å². The zero-order chi connectivity index (χ0) is 20.1. The van der Waals surface area contributed by atoms with Crippen molar-refractivity contribution in [3.05, 3.63) is 80.9 Å². The molecule has 3 rings (SSSR count). The molecule has 5 nitrogen and oxygen atoms in total. The highest BCUT2D eigenvalue weighted by Crippen LogP contribution is 2.20. The summed E-state index contributed by atoms with van der Waals surface area (Å²) in [5.41, 5.74) is 6.53. The van der Waals surface area contributed by atoms with Gasteiger partial charge in [0.15, 0.2) is 6.61 Å². The number of ether oxygens (including phenoxy) is 1. The van der Waals surface area contributed by atoms with Crippen molar-refractivity contribution in [2.75, 3.05) is 6.61 Å². The van der Waals surface area contributed by atoms with Crippen LogP contribution < -0.4 is 10.2 Å². The minimum Gasteiger partial charge on any atom is -0.484 e. The molecule has 0 atom stereocenters. The fourth-order valence-corrected chi connectivity index (χ4v) is 3.15. The molecular weight excluding hydrogens is 472 g/mol. The third kappa shape index (κ3) is 4.98. The lowest BCUT2D eigenvalue weighted by Crippen LogP contribution is -2.24. The molecule has 0 spiro atoms. The molecule has 1 amide bonds. The second-order valence-electron chi connectivity index (χ2n) is 6.17. The number of hydrazone groups is 1. The van der Waals surface area contributed by atoms with E-state index in [4.69, 9.17) is 4.74 Å². The molecule has 0 saturated heterocycles. The molecule has 0 radical (unpaired) electrons. The number of aromatic nitrogens is 1. The first-order chi connectivity index (χ1) is 13.4. The van der Waals surface area contributed by atoms with Gasteiger partial charge in [-0.3, -0.25) is 4.79 Å². The average Bonchev–Trinajstić information content (AvgIpc) is 2.96. The number of carbonyl (C=O) groups is 1. The maximum atomic E-state index is 12.8. The van der Waals surface area contributed by atoms with Gasteiger partial charge in [-0.2, -0.15) is 5.10 Å². The van der Waals surface area contributed by atoms with Crippen molar-refractivity contribution in [3.8, 4) is 11.4 Å². The third-order valence-corrected chi connectivity index (χ3v) is 4.85. The second-order valence-corrected chi connectivity index (χ2v) is 7.42. The van der Waals surface area contributed by atoms with Gasteiger partial charge in [-0.1, -0.05) is 0 Å². The standard InChI is InChI=1S/C21H19FIN3O2/c1-14-11-16(15(2)26(14)19-7-5-18(23)6-8-19)12-24-25-21(27)13-28-20-9-3-17(22)4-10-20/h3-12H,13H2,1-2H3,(H,25,27). The number of rotatable bonds is 6. The van der Waals surface area contributed by atoms with Gasteiger partial charge in [-0.15, -0.1) is 0 Å². The van der Waals surface area contributed by atoms with E-state index in [0.717, 1.165) is 22.6 Å². The molecule has 1 N–H and O–H groups in total. The van der Waals surface area contributed by atoms with E-state index in [1.165, 1.54) is 27.8 Å². The van der Waals surface area contributed by atoms with Crippen LogP contribution in [0.1, 0.15) is 17.0 Å². The molecule has 0 bridgehead atoms. The molecule has 0 aliphatic carbocycles. The summed E-state index contributed by atoms with van der Waals surface area (Å²) in [4.78, 5) is 11.9. The average molecular weight is 491 g/mol. The van der Waals surface area contributed by atoms with Gasteiger partial charge >= 0.3 is 0 Å². The van der Waals surface area contributed by atoms with Crippen LogP contribution in [-0.4, -0.2) is 23.3 Å². The fourth-order valence-electron chi connectivity index (χ4n) is 2.79. The summed E-state index contributed by atoms with van der Waals surface area (Å²) in [6.45, 7) is 3.83. The van der Waals surface area contributed by atoms with Crippen LogP contribution in [0.4, 0.5) is 4.39 Å². The van der Waals surface area contributed by atoms with E-state index in [-0.39, 0.29) is 12.4 Å². The highest BCUT2D eigenvalue weighted by Gasteiger charge is 2.09. The highest BCUT2D eigenvalue weighted by atomic mass is 127. The number of hydrogen-bond donors (Lipinski definition) is 1. The maximum Gasteiger partial charge on any atom is 0.277 e. The summed E-state index contributed by atoms with van der Waals surface area (Å²) < 4.78 is 21.4. The van der Waals surface area contributed by atoms with Gasteiger partial charge in [0.05, 0.1) is 6.21 Å². The Labute approximate surface area is 176 Å². The van der Waals surface area contributed by atoms with Crippen molar-refractivity contribution >= 4 is 34.7 Å². The van der Waals surface area contributed by atoms with Gasteiger partial charge in [0, 0.05) is 26.2 Å². The largest absolute Gasteiger partial charge is 0.484 e. The minimum atomic E-state index is -0.396. The van der Waals surface area contributed by atoms with Crippen molar-refractivity contribution in [1.82, 2.24) is 9.99 Å². The van der Waals surface area contributed by atoms with E-state index >= 15 is 0 Å². The zero-order valence-electron chi connectivity index (χ0n) is 15.4. The number of nitrogens with zero attached hydrogens (tertiary/aromatic N) is 2. The summed E-state index contributed by atoms with van der Waals surface area (Å²) in [6.07, 6.45) is 1.61. The van der Waals surface area contributed by atoms with Crippen LogP contribution in [0.2, 0.25) is 0 Å². The third-order valence-electron chi connectivity index (χ3n) is 4.13. The van der Waals surface area contributed by atoms with E-state index in [9.17, 15) is 9.18 Å². The maximum absolute atomic E-state index is 12.8. The van der Waals surface area contributed by atoms with Gasteiger partial charge in [0.25, 0.3) is 5.91 Å². The van der Waals surface area contributed by atoms with Gasteiger partial charge in [-0.05, 0) is 91.0 Å². The molecule has 0 fully saturated rings. The van der Waals surface area contributed by atoms with E-state index in [1.54, 1.807) is 6.21 Å². The minimum absolute atomic E-state index is 0.204. The van der Waals surface area contributed by atoms with Crippen LogP contribution in [0.3, 0.4) is 0 Å². The highest BCUT2D eigenvalue weighted by molar-refractivity contribution is 14.1. The summed E-state index contributed by atoms with van der Waals surface area (Å²) in [6, 6.07) is 15.7. The van der Waals surface area contributed by atoms with Crippen LogP contribution in [-0.2, 0) is 4.79 Å². The predicted molar refractivity (Wildman–Crippen MR) is 116 cm³/mol. The van der Waals surface area contributed by atoms with Gasteiger partial charge in [0.1, 0.15) is 11.6 Å². The molecule has 1 aromatic heterocycles. The zero-order valence-corrected chi connectivity index (χ0v) is 17.6. The molecule has 28 heavy (non-hydrogen) atoms. The van der Waals surface area contributed by atoms with Crippen LogP contribution >= 0.6 is 22.6 Å². The number of nitrogens with one attached hydrogen (secondary N) is 1. The van der Waals surface area contributed by atoms with Crippen molar-refractivity contribution in [1.29, 1.82) is 0 Å². The van der Waals surface area contributed by atoms with Crippen LogP contribution in [0, 0.1) is 23.2 Å². The predicted octanol–water partition coefficient (Wildman–Crippen LogP) is 4.37. The van der Waals surface area contributed by atoms with Gasteiger partial charge in [0.2, 0.25) is 0 Å². The second kappa shape index (κ2) is 9.01. The molecule has 0 saturated carbocycles. The SMILES string of the molecule is Cc1cc(C=NNC(=O)COc2ccc(F)cc2)c(C)n1-c1ccc(I)cc1. The first kappa shape index (κ1) is 20.1. The lowest BCUT2D eigenvalue weighted by molar-refractivity contribution is -0.123. The van der Waals surface area contributed by atoms with Gasteiger partial charge < -0.3 is 9.30 Å². The Morgan fingerprint density at radius 3 is 2.54 bits per heavy atom. The fraction of sp³-hybridized carbons (Fsp3) is 0.143. The summed E-state index contributed by atoms with van der Waals surface area (Å²) >= 11 is 2.28. The molecule has 1 heterocycles. The smallest absolute Gasteiger partial charge is 0.277 e. The number of hydrogen-bond acceptors (Lipinski definition) is 3. The Bertz CT molecular complexity index is 996. The van der Waals surface area contributed by atoms with Crippen LogP contribution in [0.25, 0.3) is 5.69 Å². The van der Waals surface area contributed by atoms with Crippen LogP contribution in [0.5, 0.6) is 5.75 Å². The van der Waals surface area contributed by atoms with E-state index in [1.807, 2.05) is 19.9 Å². The molecular formula is C21H19FIN3O2. The summed E-state index contributed by atoms with van der Waals surface area (Å²) in [5.74, 6) is -0.335. The Kier molecular flexibility index (Phi) is 6.45. The van der Waals surface area contributed by atoms with Crippen molar-refractivity contribution in [3.63, 3.8) is 0 Å². The van der Waals surface area contributed by atoms with Gasteiger partial charge in [-0.25, -0.2) is 9.82 Å². The first-order valence-corrected chi connectivity index (χ1v) is 9.67. The lowest BCUT2D eigenvalue weighted by atomic mass is 10.2. The quantitative estimate of drug-likeness (QED) is 0.317. The lowest BCUT2D eigenvalue weighted by Gasteiger charge is -2.09. The number of halogens is 2. The molecule has 0 aliphatic heterocycles. The summed E-state index contributed by atoms with van der Waals surface area (Å²) in [7, 11) is 0. The topological polar surface area (TPSA) is 55.6 Å². The molecule has 0 unspecified atom stereocenters. The van der Waals surface area contributed by atoms with Crippen molar-refractivity contribution < 1.29 is 13.9 Å². The number of carbonyl (C=O) groups excluding carboxylic acids is 1. The monoisotopic (exact) mass is 491 g/mol. The molecule has 3 aromatic rings. The molecule has 2 aromatic carbocycles. The Balaban J connectivity index is 1.61. The molecule has 144 valence electrons. The number of amides is 1. The Hall–Kier alpha value is -2.68. The Morgan fingerprint density at radius 2 is 1.86 bits per heavy atom. The number of aryl methyl sites for hydroxylation is 1. The first-order valence-electron chi connectivity index (χ1n) is 8.59. The normalized spacial score (nSPS) is 11.0.